The Kier molecular flexibility index (Phi) is 3.77. The Labute approximate surface area is 138 Å². The molecule has 0 N–H and O–H groups in total. The molecule has 1 radical (unpaired) electrons. The van der Waals surface area contributed by atoms with E-state index >= 15 is 0 Å². The fourth-order valence-corrected chi connectivity index (χ4v) is 2.77. The number of hydrogen-bond acceptors (Lipinski definition) is 5. The minimum Gasteiger partial charge on any atom is -0.615 e. The maximum absolute atomic E-state index is 5.81. The smallest absolute Gasteiger partial charge is 0.615 e. The number of benzene rings is 2. The zero-order chi connectivity index (χ0) is 15.5. The van der Waals surface area contributed by atoms with E-state index in [1.165, 1.54) is 0 Å². The fraction of sp³-hybridized carbons (Fsp3) is 0. The predicted octanol–water partition coefficient (Wildman–Crippen LogP) is 4.08. The average molecular weight is 320 g/mol. The number of nitrogens with zero attached hydrogens (tertiary/aromatic N) is 1. The molecule has 5 nitrogen and oxygen atoms in total. The SMILES string of the molecule is c1coc([O][Al][O]c2ccccc2-c2nc3ccccc3o2)c1. The molecular weight excluding hydrogens is 309 g/mol. The van der Waals surface area contributed by atoms with Crippen molar-refractivity contribution in [1.29, 1.82) is 0 Å². The minimum absolute atomic E-state index is 0.444. The van der Waals surface area contributed by atoms with Gasteiger partial charge >= 0.3 is 15.9 Å². The zero-order valence-corrected chi connectivity index (χ0v) is 13.2. The van der Waals surface area contributed by atoms with Gasteiger partial charge in [-0.2, -0.15) is 0 Å². The number of oxazole rings is 1. The molecule has 111 valence electrons. The summed E-state index contributed by atoms with van der Waals surface area (Å²) in [5.74, 6) is 1.64. The Hall–Kier alpha value is -2.68. The number of furan rings is 1. The standard InChI is InChI=1S/C13H9NO2.C4H4O2.Al/c15-11-7-3-1-5-9(11)13-14-10-6-2-4-8-12(10)16-13;5-4-2-1-3-6-4;/h1-8,15H;1-3,5H;/q;;+2/p-2. The first-order chi connectivity index (χ1) is 11.4. The van der Waals surface area contributed by atoms with Gasteiger partial charge in [0.1, 0.15) is 5.52 Å². The molecule has 0 spiro atoms. The molecule has 2 heterocycles. The molecule has 0 fully saturated rings. The van der Waals surface area contributed by atoms with Crippen LogP contribution in [0.3, 0.4) is 0 Å². The van der Waals surface area contributed by atoms with Crippen molar-refractivity contribution in [2.24, 2.45) is 0 Å². The van der Waals surface area contributed by atoms with Crippen molar-refractivity contribution in [3.63, 3.8) is 0 Å². The molecule has 0 aliphatic rings. The van der Waals surface area contributed by atoms with Crippen molar-refractivity contribution in [2.45, 2.75) is 0 Å². The maximum Gasteiger partial charge on any atom is 0.884 e. The van der Waals surface area contributed by atoms with Crippen molar-refractivity contribution in [1.82, 2.24) is 4.98 Å². The topological polar surface area (TPSA) is 57.6 Å². The van der Waals surface area contributed by atoms with Crippen molar-refractivity contribution in [3.8, 4) is 23.1 Å². The number of hydrogen-bond donors (Lipinski definition) is 0. The molecule has 0 aliphatic carbocycles. The molecule has 4 aromatic rings. The van der Waals surface area contributed by atoms with Crippen LogP contribution in [0.25, 0.3) is 22.6 Å². The third-order valence-corrected chi connectivity index (χ3v) is 3.92. The van der Waals surface area contributed by atoms with Crippen LogP contribution in [0.15, 0.2) is 75.8 Å². The minimum atomic E-state index is -0.752. The van der Waals surface area contributed by atoms with Crippen LogP contribution in [0.1, 0.15) is 0 Å². The van der Waals surface area contributed by atoms with Gasteiger partial charge in [-0.25, -0.2) is 4.98 Å². The highest BCUT2D eigenvalue weighted by molar-refractivity contribution is 6.20. The summed E-state index contributed by atoms with van der Waals surface area (Å²) in [6, 6.07) is 18.7. The molecule has 0 saturated heterocycles. The van der Waals surface area contributed by atoms with E-state index in [0.29, 0.717) is 17.6 Å². The summed E-state index contributed by atoms with van der Waals surface area (Å²) in [6.45, 7) is 0. The molecule has 0 saturated carbocycles. The average Bonchev–Trinajstić information content (AvgIpc) is 3.24. The maximum atomic E-state index is 5.81. The van der Waals surface area contributed by atoms with E-state index in [2.05, 4.69) is 4.98 Å². The van der Waals surface area contributed by atoms with Crippen LogP contribution in [0.2, 0.25) is 0 Å². The van der Waals surface area contributed by atoms with Gasteiger partial charge in [-0.15, -0.1) is 0 Å². The summed E-state index contributed by atoms with van der Waals surface area (Å²) < 4.78 is 22.1. The molecule has 2 aromatic carbocycles. The highest BCUT2D eigenvalue weighted by Crippen LogP contribution is 2.31. The van der Waals surface area contributed by atoms with E-state index in [9.17, 15) is 0 Å². The highest BCUT2D eigenvalue weighted by Gasteiger charge is 2.15. The van der Waals surface area contributed by atoms with Gasteiger partial charge in [-0.3, -0.25) is 0 Å². The molecule has 0 unspecified atom stereocenters. The van der Waals surface area contributed by atoms with Crippen molar-refractivity contribution in [2.75, 3.05) is 0 Å². The van der Waals surface area contributed by atoms with Gasteiger partial charge in [0.05, 0.1) is 17.6 Å². The third kappa shape index (κ3) is 2.95. The Morgan fingerprint density at radius 3 is 2.61 bits per heavy atom. The molecule has 6 heteroatoms. The lowest BCUT2D eigenvalue weighted by Gasteiger charge is -2.09. The first-order valence-corrected chi connectivity index (χ1v) is 7.98. The van der Waals surface area contributed by atoms with Crippen LogP contribution in [0.5, 0.6) is 11.7 Å². The second-order valence-electron chi connectivity index (χ2n) is 4.75. The van der Waals surface area contributed by atoms with Gasteiger partial charge in [-0.05, 0) is 30.3 Å². The largest absolute Gasteiger partial charge is 0.884 e. The van der Waals surface area contributed by atoms with Gasteiger partial charge in [-0.1, -0.05) is 24.3 Å². The Morgan fingerprint density at radius 1 is 0.870 bits per heavy atom. The molecular formula is C17H11AlNO4. The zero-order valence-electron chi connectivity index (χ0n) is 12.0. The Bertz CT molecular complexity index is 884. The summed E-state index contributed by atoms with van der Waals surface area (Å²) in [5, 5.41) is 0. The number of aromatic nitrogens is 1. The van der Waals surface area contributed by atoms with E-state index in [1.807, 2.05) is 48.5 Å². The summed E-state index contributed by atoms with van der Waals surface area (Å²) in [7, 11) is 0. The first-order valence-electron chi connectivity index (χ1n) is 7.03. The van der Waals surface area contributed by atoms with Crippen molar-refractivity contribution in [3.05, 3.63) is 66.9 Å². The molecule has 2 aromatic heterocycles. The van der Waals surface area contributed by atoms with Gasteiger partial charge in [0.25, 0.3) is 0 Å². The normalized spacial score (nSPS) is 10.6. The molecule has 4 rings (SSSR count). The van der Waals surface area contributed by atoms with Gasteiger partial charge in [0, 0.05) is 6.07 Å². The molecule has 0 bridgehead atoms. The number of fused-ring (bicyclic) bond motifs is 1. The lowest BCUT2D eigenvalue weighted by atomic mass is 10.2. The van der Waals surface area contributed by atoms with Crippen LogP contribution in [-0.4, -0.2) is 20.9 Å². The summed E-state index contributed by atoms with van der Waals surface area (Å²) in [5.41, 5.74) is 2.35. The van der Waals surface area contributed by atoms with E-state index < -0.39 is 15.9 Å². The first kappa shape index (κ1) is 13.9. The molecule has 0 aliphatic heterocycles. The monoisotopic (exact) mass is 320 g/mol. The number of rotatable bonds is 5. The summed E-state index contributed by atoms with van der Waals surface area (Å²) >= 11 is -0.752. The summed E-state index contributed by atoms with van der Waals surface area (Å²) in [6.07, 6.45) is 1.56. The van der Waals surface area contributed by atoms with Crippen LogP contribution >= 0.6 is 0 Å². The van der Waals surface area contributed by atoms with Crippen LogP contribution in [0, 0.1) is 0 Å². The molecule has 0 amide bonds. The second kappa shape index (κ2) is 6.21. The van der Waals surface area contributed by atoms with Gasteiger partial charge in [0.15, 0.2) is 5.58 Å². The number of para-hydroxylation sites is 3. The second-order valence-corrected chi connectivity index (χ2v) is 5.41. The third-order valence-electron chi connectivity index (χ3n) is 3.25. The van der Waals surface area contributed by atoms with Crippen LogP contribution in [-0.2, 0) is 0 Å². The van der Waals surface area contributed by atoms with Gasteiger partial charge in [0.2, 0.25) is 11.8 Å². The fourth-order valence-electron chi connectivity index (χ4n) is 2.19. The highest BCUT2D eigenvalue weighted by atomic mass is 27.2. The van der Waals surface area contributed by atoms with Crippen molar-refractivity contribution < 1.29 is 16.4 Å². The summed E-state index contributed by atoms with van der Waals surface area (Å²) in [4.78, 5) is 4.50. The van der Waals surface area contributed by atoms with E-state index in [4.69, 9.17) is 16.4 Å². The quantitative estimate of drug-likeness (QED) is 0.519. The van der Waals surface area contributed by atoms with Crippen molar-refractivity contribution >= 4 is 27.0 Å². The molecule has 0 atom stereocenters. The lowest BCUT2D eigenvalue weighted by Crippen LogP contribution is -2.11. The Morgan fingerprint density at radius 2 is 1.74 bits per heavy atom. The molecule has 23 heavy (non-hydrogen) atoms. The van der Waals surface area contributed by atoms with Gasteiger partial charge < -0.3 is 16.4 Å². The van der Waals surface area contributed by atoms with E-state index in [-0.39, 0.29) is 0 Å². The Balaban J connectivity index is 1.58. The predicted molar refractivity (Wildman–Crippen MR) is 85.2 cm³/mol. The van der Waals surface area contributed by atoms with E-state index in [1.54, 1.807) is 18.4 Å². The van der Waals surface area contributed by atoms with Crippen LogP contribution in [0.4, 0.5) is 0 Å². The van der Waals surface area contributed by atoms with E-state index in [0.717, 1.165) is 16.7 Å². The van der Waals surface area contributed by atoms with Crippen LogP contribution < -0.4 is 7.58 Å². The lowest BCUT2D eigenvalue weighted by molar-refractivity contribution is 0.362.